The number of methoxy groups -OCH3 is 2. The van der Waals surface area contributed by atoms with E-state index in [1.165, 1.54) is 6.08 Å². The van der Waals surface area contributed by atoms with E-state index in [1.54, 1.807) is 38.2 Å². The van der Waals surface area contributed by atoms with E-state index in [2.05, 4.69) is 0 Å². The first-order valence-electron chi connectivity index (χ1n) is 8.01. The molecule has 1 aliphatic rings. The number of ether oxygens (including phenoxy) is 3. The van der Waals surface area contributed by atoms with Gasteiger partial charge in [-0.3, -0.25) is 4.79 Å². The van der Waals surface area contributed by atoms with Crippen LogP contribution in [0.15, 0.2) is 24.3 Å². The Balaban J connectivity index is 2.11. The number of hydrogen-bond donors (Lipinski definition) is 1. The van der Waals surface area contributed by atoms with E-state index in [1.807, 2.05) is 12.1 Å². The second kappa shape index (κ2) is 8.70. The molecule has 0 spiro atoms. The fourth-order valence-electron chi connectivity index (χ4n) is 2.75. The zero-order valence-corrected chi connectivity index (χ0v) is 14.4. The second-order valence-corrected chi connectivity index (χ2v) is 5.79. The van der Waals surface area contributed by atoms with Gasteiger partial charge in [-0.15, -0.1) is 0 Å². The molecule has 6 nitrogen and oxygen atoms in total. The van der Waals surface area contributed by atoms with Gasteiger partial charge in [-0.2, -0.15) is 0 Å². The first kappa shape index (κ1) is 18.3. The summed E-state index contributed by atoms with van der Waals surface area (Å²) < 4.78 is 15.9. The Kier molecular flexibility index (Phi) is 6.63. The van der Waals surface area contributed by atoms with Crippen LogP contribution in [-0.2, 0) is 9.53 Å². The number of aliphatic hydroxyl groups is 1. The predicted molar refractivity (Wildman–Crippen MR) is 91.2 cm³/mol. The summed E-state index contributed by atoms with van der Waals surface area (Å²) in [6.07, 6.45) is 3.30. The highest BCUT2D eigenvalue weighted by Gasteiger charge is 2.26. The zero-order valence-electron chi connectivity index (χ0n) is 14.4. The molecule has 0 radical (unpaired) electrons. The lowest BCUT2D eigenvalue weighted by Gasteiger charge is -2.35. The number of benzene rings is 1. The maximum Gasteiger partial charge on any atom is 0.246 e. The summed E-state index contributed by atoms with van der Waals surface area (Å²) in [7, 11) is 3.17. The van der Waals surface area contributed by atoms with E-state index < -0.39 is 6.10 Å². The number of carbonyl (C=O) groups is 1. The Morgan fingerprint density at radius 1 is 1.46 bits per heavy atom. The van der Waals surface area contributed by atoms with Crippen molar-refractivity contribution in [2.24, 2.45) is 0 Å². The van der Waals surface area contributed by atoms with Gasteiger partial charge in [-0.25, -0.2) is 0 Å². The molecule has 2 unspecified atom stereocenters. The maximum absolute atomic E-state index is 12.5. The number of carbonyl (C=O) groups excluding carboxylic acids is 1. The van der Waals surface area contributed by atoms with E-state index in [4.69, 9.17) is 14.2 Å². The highest BCUT2D eigenvalue weighted by Crippen LogP contribution is 2.25. The van der Waals surface area contributed by atoms with Crippen LogP contribution in [0.1, 0.15) is 18.9 Å². The SMILES string of the molecule is COc1ccc(C=CC(=O)N2CCOCC2CC(C)O)c(OC)c1. The minimum absolute atomic E-state index is 0.0955. The molecule has 1 amide bonds. The van der Waals surface area contributed by atoms with E-state index in [0.29, 0.717) is 37.7 Å². The fourth-order valence-corrected chi connectivity index (χ4v) is 2.75. The van der Waals surface area contributed by atoms with Crippen LogP contribution in [0.4, 0.5) is 0 Å². The molecule has 2 atom stereocenters. The smallest absolute Gasteiger partial charge is 0.246 e. The van der Waals surface area contributed by atoms with Gasteiger partial charge in [-0.1, -0.05) is 0 Å². The van der Waals surface area contributed by atoms with Crippen molar-refractivity contribution < 1.29 is 24.1 Å². The summed E-state index contributed by atoms with van der Waals surface area (Å²) in [5, 5.41) is 9.59. The summed E-state index contributed by atoms with van der Waals surface area (Å²) in [6.45, 7) is 3.22. The van der Waals surface area contributed by atoms with Crippen LogP contribution in [-0.4, -0.2) is 62.0 Å². The van der Waals surface area contributed by atoms with Gasteiger partial charge in [0.05, 0.1) is 39.6 Å². The van der Waals surface area contributed by atoms with E-state index >= 15 is 0 Å². The Morgan fingerprint density at radius 3 is 2.92 bits per heavy atom. The largest absolute Gasteiger partial charge is 0.497 e. The van der Waals surface area contributed by atoms with Crippen molar-refractivity contribution in [2.75, 3.05) is 34.0 Å². The molecule has 0 saturated carbocycles. The molecule has 2 rings (SSSR count). The Morgan fingerprint density at radius 2 is 2.25 bits per heavy atom. The van der Waals surface area contributed by atoms with Crippen molar-refractivity contribution in [1.29, 1.82) is 0 Å². The van der Waals surface area contributed by atoms with Gasteiger partial charge in [-0.05, 0) is 31.6 Å². The summed E-state index contributed by atoms with van der Waals surface area (Å²) in [4.78, 5) is 14.3. The maximum atomic E-state index is 12.5. The van der Waals surface area contributed by atoms with Gasteiger partial charge in [0.25, 0.3) is 0 Å². The molecule has 1 heterocycles. The minimum Gasteiger partial charge on any atom is -0.497 e. The Labute approximate surface area is 142 Å². The molecular weight excluding hydrogens is 310 g/mol. The lowest BCUT2D eigenvalue weighted by atomic mass is 10.1. The Bertz CT molecular complexity index is 585. The molecule has 0 bridgehead atoms. The molecule has 1 aliphatic heterocycles. The third-order valence-electron chi connectivity index (χ3n) is 3.97. The Hall–Kier alpha value is -2.05. The van der Waals surface area contributed by atoms with Crippen LogP contribution in [0, 0.1) is 0 Å². The molecule has 132 valence electrons. The lowest BCUT2D eigenvalue weighted by molar-refractivity contribution is -0.135. The number of morpholine rings is 1. The van der Waals surface area contributed by atoms with Gasteiger partial charge in [0.1, 0.15) is 11.5 Å². The summed E-state index contributed by atoms with van der Waals surface area (Å²) in [5.41, 5.74) is 0.798. The highest BCUT2D eigenvalue weighted by molar-refractivity contribution is 5.92. The second-order valence-electron chi connectivity index (χ2n) is 5.79. The molecule has 6 heteroatoms. The lowest BCUT2D eigenvalue weighted by Crippen LogP contribution is -2.49. The molecule has 24 heavy (non-hydrogen) atoms. The van der Waals surface area contributed by atoms with Crippen molar-refractivity contribution in [3.63, 3.8) is 0 Å². The molecule has 1 N–H and O–H groups in total. The number of hydrogen-bond acceptors (Lipinski definition) is 5. The first-order chi connectivity index (χ1) is 11.5. The van der Waals surface area contributed by atoms with Gasteiger partial charge >= 0.3 is 0 Å². The van der Waals surface area contributed by atoms with Gasteiger partial charge in [0, 0.05) is 24.3 Å². The van der Waals surface area contributed by atoms with Gasteiger partial charge < -0.3 is 24.2 Å². The molecule has 1 fully saturated rings. The van der Waals surface area contributed by atoms with Crippen molar-refractivity contribution in [3.05, 3.63) is 29.8 Å². The fraction of sp³-hybridized carbons (Fsp3) is 0.500. The number of aliphatic hydroxyl groups excluding tert-OH is 1. The van der Waals surface area contributed by atoms with Crippen LogP contribution in [0.25, 0.3) is 6.08 Å². The van der Waals surface area contributed by atoms with E-state index in [-0.39, 0.29) is 11.9 Å². The minimum atomic E-state index is -0.474. The summed E-state index contributed by atoms with van der Waals surface area (Å²) in [6, 6.07) is 5.33. The normalized spacial score (nSPS) is 19.3. The first-order valence-corrected chi connectivity index (χ1v) is 8.01. The number of nitrogens with zero attached hydrogens (tertiary/aromatic N) is 1. The standard InChI is InChI=1S/C18H25NO5/c1-13(20)10-15-12-24-9-8-19(15)18(21)7-5-14-4-6-16(22-2)11-17(14)23-3/h4-7,11,13,15,20H,8-10,12H2,1-3H3. The van der Waals surface area contributed by atoms with Crippen molar-refractivity contribution >= 4 is 12.0 Å². The van der Waals surface area contributed by atoms with Crippen molar-refractivity contribution in [1.82, 2.24) is 4.90 Å². The molecule has 0 aliphatic carbocycles. The zero-order chi connectivity index (χ0) is 17.5. The molecule has 1 saturated heterocycles. The quantitative estimate of drug-likeness (QED) is 0.802. The number of amides is 1. The van der Waals surface area contributed by atoms with Crippen LogP contribution >= 0.6 is 0 Å². The van der Waals surface area contributed by atoms with E-state index in [9.17, 15) is 9.90 Å². The van der Waals surface area contributed by atoms with Gasteiger partial charge in [0.15, 0.2) is 0 Å². The predicted octanol–water partition coefficient (Wildman–Crippen LogP) is 1.72. The third-order valence-corrected chi connectivity index (χ3v) is 3.97. The topological polar surface area (TPSA) is 68.2 Å². The van der Waals surface area contributed by atoms with Crippen LogP contribution < -0.4 is 9.47 Å². The van der Waals surface area contributed by atoms with E-state index in [0.717, 1.165) is 5.56 Å². The molecule has 0 aromatic heterocycles. The molecule has 1 aromatic rings. The van der Waals surface area contributed by atoms with Crippen LogP contribution in [0.5, 0.6) is 11.5 Å². The summed E-state index contributed by atoms with van der Waals surface area (Å²) >= 11 is 0. The summed E-state index contributed by atoms with van der Waals surface area (Å²) in [5.74, 6) is 1.24. The highest BCUT2D eigenvalue weighted by atomic mass is 16.5. The number of rotatable bonds is 6. The monoisotopic (exact) mass is 335 g/mol. The van der Waals surface area contributed by atoms with Crippen molar-refractivity contribution in [2.45, 2.75) is 25.5 Å². The average Bonchev–Trinajstić information content (AvgIpc) is 2.59. The van der Waals surface area contributed by atoms with Gasteiger partial charge in [0.2, 0.25) is 5.91 Å². The molecular formula is C18H25NO5. The van der Waals surface area contributed by atoms with Crippen LogP contribution in [0.3, 0.4) is 0 Å². The molecule has 1 aromatic carbocycles. The van der Waals surface area contributed by atoms with Crippen LogP contribution in [0.2, 0.25) is 0 Å². The average molecular weight is 335 g/mol. The third kappa shape index (κ3) is 4.72. The van der Waals surface area contributed by atoms with Crippen molar-refractivity contribution in [3.8, 4) is 11.5 Å².